The number of ether oxygens (including phenoxy) is 1. The maximum absolute atomic E-state index is 6.75. The highest BCUT2D eigenvalue weighted by atomic mass is 16.5. The van der Waals surface area contributed by atoms with Crippen LogP contribution in [-0.4, -0.2) is 15.0 Å². The molecule has 0 atom stereocenters. The van der Waals surface area contributed by atoms with Crippen LogP contribution in [0.5, 0.6) is 11.5 Å². The van der Waals surface area contributed by atoms with Crippen molar-refractivity contribution in [3.63, 3.8) is 0 Å². The molecule has 0 fully saturated rings. The number of para-hydroxylation sites is 2. The molecule has 5 nitrogen and oxygen atoms in total. The van der Waals surface area contributed by atoms with Gasteiger partial charge in [0.15, 0.2) is 17.5 Å². The Balaban J connectivity index is 1.04. The Morgan fingerprint density at radius 1 is 0.345 bits per heavy atom. The third-order valence-corrected chi connectivity index (χ3v) is 10.9. The summed E-state index contributed by atoms with van der Waals surface area (Å²) in [5.41, 5.74) is 10.4. The van der Waals surface area contributed by atoms with Crippen LogP contribution in [0.2, 0.25) is 0 Å². The molecule has 9 aromatic carbocycles. The lowest BCUT2D eigenvalue weighted by Crippen LogP contribution is -2.09. The van der Waals surface area contributed by atoms with Gasteiger partial charge in [0.2, 0.25) is 0 Å². The van der Waals surface area contributed by atoms with Crippen molar-refractivity contribution in [3.05, 3.63) is 206 Å². The molecule has 10 aromatic rings. The van der Waals surface area contributed by atoms with E-state index in [1.54, 1.807) is 0 Å². The van der Waals surface area contributed by atoms with E-state index in [-0.39, 0.29) is 0 Å². The van der Waals surface area contributed by atoms with E-state index in [9.17, 15) is 0 Å². The normalized spacial score (nSPS) is 11.6. The van der Waals surface area contributed by atoms with Crippen molar-refractivity contribution in [1.29, 1.82) is 0 Å². The highest BCUT2D eigenvalue weighted by Gasteiger charge is 2.26. The SMILES string of the molecule is c1ccc(-c2nc(-c3ccc4ccccc4c3)nc(-c3ccc4c5c(cccc35)-c3c(cccc3-c3ccc(N(c5ccccc5)c5ccccc5)cc3)O4)n2)cc1. The van der Waals surface area contributed by atoms with E-state index in [4.69, 9.17) is 19.7 Å². The molecule has 0 saturated heterocycles. The van der Waals surface area contributed by atoms with Gasteiger partial charge >= 0.3 is 0 Å². The Bertz CT molecular complexity index is 3090. The van der Waals surface area contributed by atoms with Gasteiger partial charge in [-0.25, -0.2) is 15.0 Å². The zero-order chi connectivity index (χ0) is 38.4. The minimum absolute atomic E-state index is 0.608. The largest absolute Gasteiger partial charge is 0.456 e. The van der Waals surface area contributed by atoms with Gasteiger partial charge in [0.25, 0.3) is 0 Å². The summed E-state index contributed by atoms with van der Waals surface area (Å²) in [7, 11) is 0. The first-order chi connectivity index (χ1) is 28.7. The molecule has 1 aliphatic heterocycles. The summed E-state index contributed by atoms with van der Waals surface area (Å²) in [5, 5.41) is 4.35. The summed E-state index contributed by atoms with van der Waals surface area (Å²) in [4.78, 5) is 17.6. The molecule has 0 N–H and O–H groups in total. The average molecular weight is 743 g/mol. The second kappa shape index (κ2) is 14.0. The third kappa shape index (κ3) is 5.85. The summed E-state index contributed by atoms with van der Waals surface area (Å²) in [6.07, 6.45) is 0. The molecule has 1 aromatic heterocycles. The van der Waals surface area contributed by atoms with Gasteiger partial charge in [0, 0.05) is 44.7 Å². The molecule has 272 valence electrons. The monoisotopic (exact) mass is 742 g/mol. The van der Waals surface area contributed by atoms with Crippen LogP contribution in [0.25, 0.3) is 78.0 Å². The van der Waals surface area contributed by atoms with Crippen LogP contribution < -0.4 is 9.64 Å². The summed E-state index contributed by atoms with van der Waals surface area (Å²) in [6, 6.07) is 71.5. The Labute approximate surface area is 336 Å². The second-order valence-corrected chi connectivity index (χ2v) is 14.4. The van der Waals surface area contributed by atoms with Crippen molar-refractivity contribution in [1.82, 2.24) is 15.0 Å². The lowest BCUT2D eigenvalue weighted by molar-refractivity contribution is 0.487. The average Bonchev–Trinajstić information content (AvgIpc) is 3.30. The van der Waals surface area contributed by atoms with Gasteiger partial charge in [-0.05, 0) is 93.5 Å². The zero-order valence-corrected chi connectivity index (χ0v) is 31.3. The Kier molecular flexibility index (Phi) is 8.07. The molecule has 58 heavy (non-hydrogen) atoms. The Morgan fingerprint density at radius 3 is 1.67 bits per heavy atom. The number of anilines is 3. The molecule has 0 saturated carbocycles. The van der Waals surface area contributed by atoms with Crippen LogP contribution in [0.1, 0.15) is 0 Å². The zero-order valence-electron chi connectivity index (χ0n) is 31.3. The molecule has 0 bridgehead atoms. The van der Waals surface area contributed by atoms with Crippen molar-refractivity contribution >= 4 is 38.6 Å². The van der Waals surface area contributed by atoms with Crippen LogP contribution in [0.4, 0.5) is 17.1 Å². The number of nitrogens with zero attached hydrogens (tertiary/aromatic N) is 4. The molecule has 0 spiro atoms. The summed E-state index contributed by atoms with van der Waals surface area (Å²) in [5.74, 6) is 3.49. The minimum Gasteiger partial charge on any atom is -0.456 e. The van der Waals surface area contributed by atoms with Crippen molar-refractivity contribution in [3.8, 4) is 67.9 Å². The highest BCUT2D eigenvalue weighted by Crippen LogP contribution is 2.52. The molecule has 0 aliphatic carbocycles. The van der Waals surface area contributed by atoms with Gasteiger partial charge in [-0.15, -0.1) is 0 Å². The molecular weight excluding hydrogens is 709 g/mol. The fraction of sp³-hybridized carbons (Fsp3) is 0. The van der Waals surface area contributed by atoms with Gasteiger partial charge in [0.1, 0.15) is 11.5 Å². The summed E-state index contributed by atoms with van der Waals surface area (Å²) < 4.78 is 6.75. The maximum atomic E-state index is 6.75. The quantitative estimate of drug-likeness (QED) is 0.163. The van der Waals surface area contributed by atoms with E-state index >= 15 is 0 Å². The van der Waals surface area contributed by atoms with Crippen molar-refractivity contribution in [2.75, 3.05) is 4.90 Å². The van der Waals surface area contributed by atoms with Crippen molar-refractivity contribution in [2.45, 2.75) is 0 Å². The summed E-state index contributed by atoms with van der Waals surface area (Å²) >= 11 is 0. The van der Waals surface area contributed by atoms with E-state index in [1.165, 1.54) is 5.39 Å². The number of benzene rings is 9. The Hall–Kier alpha value is -7.89. The van der Waals surface area contributed by atoms with Crippen LogP contribution in [0.15, 0.2) is 206 Å². The number of rotatable bonds is 7. The van der Waals surface area contributed by atoms with Crippen molar-refractivity contribution in [2.24, 2.45) is 0 Å². The van der Waals surface area contributed by atoms with Gasteiger partial charge in [-0.2, -0.15) is 0 Å². The molecule has 5 heteroatoms. The predicted molar refractivity (Wildman–Crippen MR) is 237 cm³/mol. The van der Waals surface area contributed by atoms with E-state index in [2.05, 4.69) is 169 Å². The third-order valence-electron chi connectivity index (χ3n) is 10.9. The van der Waals surface area contributed by atoms with Crippen molar-refractivity contribution < 1.29 is 4.74 Å². The first-order valence-corrected chi connectivity index (χ1v) is 19.4. The first-order valence-electron chi connectivity index (χ1n) is 19.4. The minimum atomic E-state index is 0.608. The van der Waals surface area contributed by atoms with E-state index < -0.39 is 0 Å². The van der Waals surface area contributed by atoms with Crippen LogP contribution >= 0.6 is 0 Å². The van der Waals surface area contributed by atoms with E-state index in [0.29, 0.717) is 17.5 Å². The van der Waals surface area contributed by atoms with Crippen LogP contribution in [0, 0.1) is 0 Å². The fourth-order valence-corrected chi connectivity index (χ4v) is 8.18. The predicted octanol–water partition coefficient (Wildman–Crippen LogP) is 14.1. The number of fused-ring (bicyclic) bond motifs is 3. The second-order valence-electron chi connectivity index (χ2n) is 14.4. The molecular formula is C53H34N4O. The fourth-order valence-electron chi connectivity index (χ4n) is 8.18. The molecule has 0 unspecified atom stereocenters. The first kappa shape index (κ1) is 33.4. The lowest BCUT2D eigenvalue weighted by atomic mass is 9.87. The Morgan fingerprint density at radius 2 is 0.931 bits per heavy atom. The molecule has 2 heterocycles. The van der Waals surface area contributed by atoms with Crippen LogP contribution in [-0.2, 0) is 0 Å². The van der Waals surface area contributed by atoms with E-state index in [0.717, 1.165) is 83.7 Å². The number of hydrogen-bond acceptors (Lipinski definition) is 5. The molecule has 0 radical (unpaired) electrons. The summed E-state index contributed by atoms with van der Waals surface area (Å²) in [6.45, 7) is 0. The standard InChI is InChI=1S/C53H34N4O/c1-4-15-37(16-5-1)51-54-52(39-27-26-35-14-10-11-17-38(35)34-39)56-53(55-51)45-32-33-48-50-44(45)23-12-24-46(50)49-43(22-13-25-47(49)58-48)36-28-30-42(31-29-36)57(40-18-6-2-7-19-40)41-20-8-3-9-21-41/h1-34H. The topological polar surface area (TPSA) is 51.1 Å². The molecule has 0 amide bonds. The maximum Gasteiger partial charge on any atom is 0.164 e. The van der Waals surface area contributed by atoms with Gasteiger partial charge in [0.05, 0.1) is 0 Å². The van der Waals surface area contributed by atoms with E-state index in [1.807, 2.05) is 42.5 Å². The smallest absolute Gasteiger partial charge is 0.164 e. The number of aromatic nitrogens is 3. The molecule has 11 rings (SSSR count). The molecule has 1 aliphatic rings. The van der Waals surface area contributed by atoms with Crippen LogP contribution in [0.3, 0.4) is 0 Å². The highest BCUT2D eigenvalue weighted by molar-refractivity contribution is 6.11. The van der Waals surface area contributed by atoms with Gasteiger partial charge in [-0.1, -0.05) is 146 Å². The number of hydrogen-bond donors (Lipinski definition) is 0. The lowest BCUT2D eigenvalue weighted by Gasteiger charge is -2.26. The van der Waals surface area contributed by atoms with Gasteiger partial charge < -0.3 is 9.64 Å². The van der Waals surface area contributed by atoms with Gasteiger partial charge in [-0.3, -0.25) is 0 Å².